The van der Waals surface area contributed by atoms with E-state index in [0.29, 0.717) is 5.92 Å². The molecule has 0 radical (unpaired) electrons. The molecule has 0 saturated carbocycles. The van der Waals surface area contributed by atoms with Crippen LogP contribution in [-0.2, 0) is 11.3 Å². The second-order valence-electron chi connectivity index (χ2n) is 8.67. The molecule has 2 aromatic rings. The number of likely N-dealkylation sites (tertiary alicyclic amines) is 1. The molecule has 6 nitrogen and oxygen atoms in total. The maximum Gasteiger partial charge on any atom is 0.251 e. The van der Waals surface area contributed by atoms with Gasteiger partial charge in [0.2, 0.25) is 5.91 Å². The van der Waals surface area contributed by atoms with Crippen LogP contribution < -0.4 is 16.2 Å². The van der Waals surface area contributed by atoms with Gasteiger partial charge >= 0.3 is 0 Å². The number of pyridine rings is 1. The summed E-state index contributed by atoms with van der Waals surface area (Å²) in [5.41, 5.74) is 2.24. The summed E-state index contributed by atoms with van der Waals surface area (Å²) in [5.74, 6) is 0.487. The van der Waals surface area contributed by atoms with E-state index in [4.69, 9.17) is 0 Å². The van der Waals surface area contributed by atoms with Crippen LogP contribution in [-0.4, -0.2) is 47.6 Å². The lowest BCUT2D eigenvalue weighted by Gasteiger charge is -2.42. The minimum atomic E-state index is -0.411. The van der Waals surface area contributed by atoms with Gasteiger partial charge in [0.15, 0.2) is 0 Å². The van der Waals surface area contributed by atoms with Crippen LogP contribution in [0.3, 0.4) is 0 Å². The number of carbonyl (C=O) groups is 1. The third kappa shape index (κ3) is 3.63. The van der Waals surface area contributed by atoms with Gasteiger partial charge in [-0.25, -0.2) is 0 Å². The predicted molar refractivity (Wildman–Crippen MR) is 112 cm³/mol. The van der Waals surface area contributed by atoms with Crippen molar-refractivity contribution in [2.24, 2.45) is 5.92 Å². The molecule has 3 aliphatic rings. The number of benzene rings is 1. The second-order valence-corrected chi connectivity index (χ2v) is 8.67. The number of aromatic nitrogens is 1. The van der Waals surface area contributed by atoms with Gasteiger partial charge in [0.25, 0.3) is 5.56 Å². The molecular weight excluding hydrogens is 364 g/mol. The van der Waals surface area contributed by atoms with E-state index in [9.17, 15) is 9.59 Å². The Kier molecular flexibility index (Phi) is 4.97. The van der Waals surface area contributed by atoms with Crippen molar-refractivity contribution < 1.29 is 4.79 Å². The van der Waals surface area contributed by atoms with Gasteiger partial charge in [0.1, 0.15) is 6.04 Å². The number of nitrogens with zero attached hydrogens (tertiary/aromatic N) is 2. The van der Waals surface area contributed by atoms with Gasteiger partial charge in [0, 0.05) is 62.4 Å². The van der Waals surface area contributed by atoms with Crippen molar-refractivity contribution in [2.75, 3.05) is 26.2 Å². The van der Waals surface area contributed by atoms with Crippen LogP contribution in [0.1, 0.15) is 36.1 Å². The third-order valence-electron chi connectivity index (χ3n) is 6.69. The Morgan fingerprint density at radius 2 is 1.97 bits per heavy atom. The topological polar surface area (TPSA) is 66.4 Å². The smallest absolute Gasteiger partial charge is 0.251 e. The molecule has 1 amide bonds. The summed E-state index contributed by atoms with van der Waals surface area (Å²) in [4.78, 5) is 28.4. The molecule has 29 heavy (non-hydrogen) atoms. The summed E-state index contributed by atoms with van der Waals surface area (Å²) in [6, 6.07) is 15.6. The van der Waals surface area contributed by atoms with Gasteiger partial charge in [-0.2, -0.15) is 0 Å². The van der Waals surface area contributed by atoms with Gasteiger partial charge in [0.05, 0.1) is 0 Å². The fourth-order valence-corrected chi connectivity index (χ4v) is 5.35. The molecule has 1 aromatic carbocycles. The lowest BCUT2D eigenvalue weighted by Crippen LogP contribution is -2.53. The number of nitrogens with one attached hydrogen (secondary N) is 2. The second kappa shape index (κ2) is 7.76. The van der Waals surface area contributed by atoms with Crippen LogP contribution in [0.15, 0.2) is 53.3 Å². The summed E-state index contributed by atoms with van der Waals surface area (Å²) in [6.45, 7) is 4.42. The SMILES string of the molecule is O=C(N[C@H]1CCN(Cc2ccccc2)C1)[C@H]1[C@@H]2CNC[C@@H](C2)c2cccc(=O)n21. The first-order valence-electron chi connectivity index (χ1n) is 10.7. The number of carbonyl (C=O) groups excluding carboxylic acids is 1. The summed E-state index contributed by atoms with van der Waals surface area (Å²) in [5, 5.41) is 6.72. The molecule has 0 aliphatic carbocycles. The van der Waals surface area contributed by atoms with Crippen LogP contribution in [0.2, 0.25) is 0 Å². The molecule has 0 spiro atoms. The van der Waals surface area contributed by atoms with Crippen molar-refractivity contribution >= 4 is 5.91 Å². The summed E-state index contributed by atoms with van der Waals surface area (Å²) in [7, 11) is 0. The van der Waals surface area contributed by atoms with E-state index in [0.717, 1.165) is 51.3 Å². The Morgan fingerprint density at radius 3 is 2.83 bits per heavy atom. The Morgan fingerprint density at radius 1 is 1.10 bits per heavy atom. The Labute approximate surface area is 170 Å². The maximum absolute atomic E-state index is 13.3. The Bertz CT molecular complexity index is 941. The van der Waals surface area contributed by atoms with Crippen molar-refractivity contribution in [3.8, 4) is 0 Å². The third-order valence-corrected chi connectivity index (χ3v) is 6.69. The number of amides is 1. The zero-order chi connectivity index (χ0) is 19.8. The zero-order valence-corrected chi connectivity index (χ0v) is 16.6. The highest BCUT2D eigenvalue weighted by atomic mass is 16.2. The predicted octanol–water partition coefficient (Wildman–Crippen LogP) is 1.49. The minimum absolute atomic E-state index is 0.00161. The van der Waals surface area contributed by atoms with Gasteiger partial charge in [-0.3, -0.25) is 19.1 Å². The molecule has 6 heteroatoms. The molecule has 2 bridgehead atoms. The van der Waals surface area contributed by atoms with E-state index in [1.165, 1.54) is 5.56 Å². The number of piperidine rings is 1. The van der Waals surface area contributed by atoms with E-state index >= 15 is 0 Å². The maximum atomic E-state index is 13.3. The first-order chi connectivity index (χ1) is 14.2. The Hall–Kier alpha value is -2.44. The quantitative estimate of drug-likeness (QED) is 0.827. The summed E-state index contributed by atoms with van der Waals surface area (Å²) >= 11 is 0. The highest BCUT2D eigenvalue weighted by molar-refractivity contribution is 5.81. The van der Waals surface area contributed by atoms with Crippen LogP contribution in [0.4, 0.5) is 0 Å². The van der Waals surface area contributed by atoms with Crippen molar-refractivity contribution in [3.05, 3.63) is 70.1 Å². The van der Waals surface area contributed by atoms with Crippen LogP contribution in [0, 0.1) is 5.92 Å². The largest absolute Gasteiger partial charge is 0.350 e. The number of rotatable bonds is 4. The van der Waals surface area contributed by atoms with Gasteiger partial charge in [-0.1, -0.05) is 36.4 Å². The van der Waals surface area contributed by atoms with Crippen molar-refractivity contribution in [2.45, 2.75) is 37.4 Å². The molecule has 5 rings (SSSR count). The first kappa shape index (κ1) is 18.6. The number of hydrogen-bond donors (Lipinski definition) is 2. The monoisotopic (exact) mass is 392 g/mol. The molecule has 152 valence electrons. The van der Waals surface area contributed by atoms with Crippen molar-refractivity contribution in [3.63, 3.8) is 0 Å². The number of fused-ring (bicyclic) bond motifs is 4. The summed E-state index contributed by atoms with van der Waals surface area (Å²) < 4.78 is 1.77. The molecule has 3 aliphatic heterocycles. The molecule has 2 saturated heterocycles. The van der Waals surface area contributed by atoms with Gasteiger partial charge < -0.3 is 10.6 Å². The number of hydrogen-bond acceptors (Lipinski definition) is 4. The Balaban J connectivity index is 1.30. The molecule has 2 fully saturated rings. The molecule has 4 heterocycles. The minimum Gasteiger partial charge on any atom is -0.350 e. The van der Waals surface area contributed by atoms with Crippen molar-refractivity contribution in [1.29, 1.82) is 0 Å². The standard InChI is InChI=1S/C23H28N4O2/c28-21-8-4-7-20-17-11-18(13-24-12-17)22(27(20)21)23(29)25-19-9-10-26(15-19)14-16-5-2-1-3-6-16/h1-8,17-19,22,24H,9-15H2,(H,25,29)/t17-,18+,19+,22-/m1/s1. The average molecular weight is 393 g/mol. The fraction of sp³-hybridized carbons (Fsp3) is 0.478. The molecular formula is C23H28N4O2. The summed E-state index contributed by atoms with van der Waals surface area (Å²) in [6.07, 6.45) is 1.92. The highest BCUT2D eigenvalue weighted by Crippen LogP contribution is 2.38. The molecule has 4 atom stereocenters. The van der Waals surface area contributed by atoms with Crippen LogP contribution in [0.25, 0.3) is 0 Å². The van der Waals surface area contributed by atoms with E-state index < -0.39 is 6.04 Å². The average Bonchev–Trinajstić information content (AvgIpc) is 3.16. The van der Waals surface area contributed by atoms with Crippen molar-refractivity contribution in [1.82, 2.24) is 20.1 Å². The van der Waals surface area contributed by atoms with Gasteiger partial charge in [-0.15, -0.1) is 0 Å². The molecule has 0 unspecified atom stereocenters. The fourth-order valence-electron chi connectivity index (χ4n) is 5.35. The molecule has 1 aromatic heterocycles. The molecule has 2 N–H and O–H groups in total. The zero-order valence-electron chi connectivity index (χ0n) is 16.6. The lowest BCUT2D eigenvalue weighted by atomic mass is 9.79. The van der Waals surface area contributed by atoms with E-state index in [1.807, 2.05) is 18.2 Å². The van der Waals surface area contributed by atoms with Crippen LogP contribution in [0.5, 0.6) is 0 Å². The van der Waals surface area contributed by atoms with E-state index in [-0.39, 0.29) is 23.4 Å². The normalized spacial score (nSPS) is 28.7. The van der Waals surface area contributed by atoms with E-state index in [1.54, 1.807) is 10.6 Å². The van der Waals surface area contributed by atoms with Gasteiger partial charge in [-0.05, 0) is 24.5 Å². The highest BCUT2D eigenvalue weighted by Gasteiger charge is 2.42. The lowest BCUT2D eigenvalue weighted by molar-refractivity contribution is -0.127. The van der Waals surface area contributed by atoms with E-state index in [2.05, 4.69) is 39.8 Å². The van der Waals surface area contributed by atoms with Crippen LogP contribution >= 0.6 is 0 Å². The first-order valence-corrected chi connectivity index (χ1v) is 10.7.